The Morgan fingerprint density at radius 2 is 2.05 bits per heavy atom. The molecule has 0 radical (unpaired) electrons. The van der Waals surface area contributed by atoms with Crippen molar-refractivity contribution >= 4 is 33.7 Å². The molecule has 6 nitrogen and oxygen atoms in total. The van der Waals surface area contributed by atoms with Crippen LogP contribution in [0.3, 0.4) is 0 Å². The highest BCUT2D eigenvalue weighted by Crippen LogP contribution is 2.12. The van der Waals surface area contributed by atoms with Gasteiger partial charge in [0.15, 0.2) is 6.61 Å². The lowest BCUT2D eigenvalue weighted by atomic mass is 10.2. The lowest BCUT2D eigenvalue weighted by molar-refractivity contribution is -0.130. The number of rotatable bonds is 6. The van der Waals surface area contributed by atoms with E-state index in [4.69, 9.17) is 4.74 Å². The Kier molecular flexibility index (Phi) is 6.87. The first-order valence-electron chi connectivity index (χ1n) is 6.43. The molecule has 2 N–H and O–H groups in total. The van der Waals surface area contributed by atoms with Crippen LogP contribution in [0.1, 0.15) is 24.2 Å². The summed E-state index contributed by atoms with van der Waals surface area (Å²) < 4.78 is 5.62. The largest absolute Gasteiger partial charge is 0.452 e. The fourth-order valence-corrected chi connectivity index (χ4v) is 1.91. The Hall–Kier alpha value is -1.89. The van der Waals surface area contributed by atoms with E-state index in [9.17, 15) is 14.4 Å². The van der Waals surface area contributed by atoms with E-state index in [2.05, 4.69) is 26.6 Å². The predicted octanol–water partition coefficient (Wildman–Crippen LogP) is 1.25. The molecule has 1 aromatic carbocycles. The number of ether oxygens (including phenoxy) is 1. The molecule has 0 aliphatic heterocycles. The van der Waals surface area contributed by atoms with Gasteiger partial charge in [-0.15, -0.1) is 0 Å². The van der Waals surface area contributed by atoms with Gasteiger partial charge in [0.2, 0.25) is 5.91 Å². The summed E-state index contributed by atoms with van der Waals surface area (Å²) in [7, 11) is 0. The first-order chi connectivity index (χ1) is 9.93. The Morgan fingerprint density at radius 1 is 1.33 bits per heavy atom. The standard InChI is InChI=1S/C14H17BrN2O4/c1-3-16-13(19)9(2)17-12(18)8-21-14(20)10-5-4-6-11(15)7-10/h4-7,9H,3,8H2,1-2H3,(H,16,19)(H,17,18)/t9-/m0/s1. The third kappa shape index (κ3) is 5.95. The highest BCUT2D eigenvalue weighted by atomic mass is 79.9. The minimum atomic E-state index is -0.679. The first kappa shape index (κ1) is 17.2. The van der Waals surface area contributed by atoms with Gasteiger partial charge in [0.05, 0.1) is 5.56 Å². The van der Waals surface area contributed by atoms with Crippen LogP contribution >= 0.6 is 15.9 Å². The minimum absolute atomic E-state index is 0.288. The van der Waals surface area contributed by atoms with Crippen molar-refractivity contribution in [2.75, 3.05) is 13.2 Å². The zero-order chi connectivity index (χ0) is 15.8. The van der Waals surface area contributed by atoms with Crippen LogP contribution in [0.5, 0.6) is 0 Å². The van der Waals surface area contributed by atoms with E-state index in [1.54, 1.807) is 38.1 Å². The maximum Gasteiger partial charge on any atom is 0.338 e. The molecule has 2 amide bonds. The molecule has 0 aromatic heterocycles. The fourth-order valence-electron chi connectivity index (χ4n) is 1.51. The van der Waals surface area contributed by atoms with Gasteiger partial charge >= 0.3 is 5.97 Å². The first-order valence-corrected chi connectivity index (χ1v) is 7.23. The molecule has 0 heterocycles. The van der Waals surface area contributed by atoms with Crippen LogP contribution in [0.4, 0.5) is 0 Å². The van der Waals surface area contributed by atoms with Gasteiger partial charge in [-0.1, -0.05) is 22.0 Å². The van der Waals surface area contributed by atoms with E-state index in [1.165, 1.54) is 0 Å². The molecular weight excluding hydrogens is 340 g/mol. The molecule has 0 aliphatic carbocycles. The van der Waals surface area contributed by atoms with Gasteiger partial charge in [-0.25, -0.2) is 4.79 Å². The summed E-state index contributed by atoms with van der Waals surface area (Å²) in [6, 6.07) is 5.97. The van der Waals surface area contributed by atoms with Gasteiger partial charge in [0.1, 0.15) is 6.04 Å². The second kappa shape index (κ2) is 8.41. The second-order valence-corrected chi connectivity index (χ2v) is 5.19. The number of halogens is 1. The summed E-state index contributed by atoms with van der Waals surface area (Å²) in [5.41, 5.74) is 0.342. The molecular formula is C14H17BrN2O4. The van der Waals surface area contributed by atoms with Crippen LogP contribution in [0.2, 0.25) is 0 Å². The molecule has 0 aliphatic rings. The van der Waals surface area contributed by atoms with Crippen LogP contribution in [-0.4, -0.2) is 37.0 Å². The smallest absolute Gasteiger partial charge is 0.338 e. The number of likely N-dealkylation sites (N-methyl/N-ethyl adjacent to an activating group) is 1. The molecule has 114 valence electrons. The average Bonchev–Trinajstić information content (AvgIpc) is 2.45. The number of carbonyl (C=O) groups is 3. The average molecular weight is 357 g/mol. The number of hydrogen-bond donors (Lipinski definition) is 2. The summed E-state index contributed by atoms with van der Waals surface area (Å²) in [4.78, 5) is 34.7. The summed E-state index contributed by atoms with van der Waals surface area (Å²) in [6.45, 7) is 3.39. The van der Waals surface area contributed by atoms with E-state index in [0.29, 0.717) is 12.1 Å². The van der Waals surface area contributed by atoms with E-state index in [1.807, 2.05) is 0 Å². The van der Waals surface area contributed by atoms with Gasteiger partial charge in [0, 0.05) is 11.0 Å². The van der Waals surface area contributed by atoms with Crippen molar-refractivity contribution in [1.82, 2.24) is 10.6 Å². The Balaban J connectivity index is 2.42. The van der Waals surface area contributed by atoms with Crippen molar-refractivity contribution < 1.29 is 19.1 Å². The van der Waals surface area contributed by atoms with E-state index in [0.717, 1.165) is 4.47 Å². The van der Waals surface area contributed by atoms with Crippen LogP contribution in [0.25, 0.3) is 0 Å². The van der Waals surface area contributed by atoms with Crippen molar-refractivity contribution in [3.8, 4) is 0 Å². The van der Waals surface area contributed by atoms with Crippen molar-refractivity contribution in [3.63, 3.8) is 0 Å². The number of amides is 2. The zero-order valence-corrected chi connectivity index (χ0v) is 13.4. The van der Waals surface area contributed by atoms with Crippen molar-refractivity contribution in [1.29, 1.82) is 0 Å². The lowest BCUT2D eigenvalue weighted by Crippen LogP contribution is -2.46. The molecule has 0 saturated heterocycles. The summed E-state index contributed by atoms with van der Waals surface area (Å²) in [5.74, 6) is -1.42. The third-order valence-corrected chi connectivity index (χ3v) is 3.01. The molecule has 0 spiro atoms. The molecule has 21 heavy (non-hydrogen) atoms. The highest BCUT2D eigenvalue weighted by Gasteiger charge is 2.16. The van der Waals surface area contributed by atoms with Crippen LogP contribution in [-0.2, 0) is 14.3 Å². The van der Waals surface area contributed by atoms with E-state index < -0.39 is 24.5 Å². The number of hydrogen-bond acceptors (Lipinski definition) is 4. The molecule has 1 rings (SSSR count). The molecule has 0 fully saturated rings. The van der Waals surface area contributed by atoms with Gasteiger partial charge in [-0.3, -0.25) is 9.59 Å². The Morgan fingerprint density at radius 3 is 2.67 bits per heavy atom. The van der Waals surface area contributed by atoms with Crippen molar-refractivity contribution in [2.45, 2.75) is 19.9 Å². The molecule has 1 aromatic rings. The topological polar surface area (TPSA) is 84.5 Å². The van der Waals surface area contributed by atoms with Gasteiger partial charge in [-0.2, -0.15) is 0 Å². The Labute approximate surface area is 131 Å². The second-order valence-electron chi connectivity index (χ2n) is 4.27. The summed E-state index contributed by atoms with van der Waals surface area (Å²) in [6.07, 6.45) is 0. The molecule has 0 saturated carbocycles. The van der Waals surface area contributed by atoms with Gasteiger partial charge in [-0.05, 0) is 32.0 Å². The summed E-state index contributed by atoms with van der Waals surface area (Å²) in [5, 5.41) is 5.03. The predicted molar refractivity (Wildman–Crippen MR) is 80.7 cm³/mol. The monoisotopic (exact) mass is 356 g/mol. The van der Waals surface area contributed by atoms with Crippen molar-refractivity contribution in [2.24, 2.45) is 0 Å². The lowest BCUT2D eigenvalue weighted by Gasteiger charge is -2.13. The number of carbonyl (C=O) groups excluding carboxylic acids is 3. The number of esters is 1. The van der Waals surface area contributed by atoms with Crippen LogP contribution in [0.15, 0.2) is 28.7 Å². The Bertz CT molecular complexity index is 533. The molecule has 0 bridgehead atoms. The van der Waals surface area contributed by atoms with Gasteiger partial charge < -0.3 is 15.4 Å². The van der Waals surface area contributed by atoms with E-state index in [-0.39, 0.29) is 5.91 Å². The van der Waals surface area contributed by atoms with Crippen LogP contribution < -0.4 is 10.6 Å². The van der Waals surface area contributed by atoms with Crippen molar-refractivity contribution in [3.05, 3.63) is 34.3 Å². The van der Waals surface area contributed by atoms with E-state index >= 15 is 0 Å². The number of benzene rings is 1. The summed E-state index contributed by atoms with van der Waals surface area (Å²) >= 11 is 3.24. The SMILES string of the molecule is CCNC(=O)[C@H](C)NC(=O)COC(=O)c1cccc(Br)c1. The number of nitrogens with one attached hydrogen (secondary N) is 2. The highest BCUT2D eigenvalue weighted by molar-refractivity contribution is 9.10. The molecule has 7 heteroatoms. The van der Waals surface area contributed by atoms with Crippen LogP contribution in [0, 0.1) is 0 Å². The zero-order valence-electron chi connectivity index (χ0n) is 11.8. The normalized spacial score (nSPS) is 11.4. The minimum Gasteiger partial charge on any atom is -0.452 e. The third-order valence-electron chi connectivity index (χ3n) is 2.52. The fraction of sp³-hybridized carbons (Fsp3) is 0.357. The molecule has 0 unspecified atom stereocenters. The molecule has 1 atom stereocenters. The maximum atomic E-state index is 11.7. The quantitative estimate of drug-likeness (QED) is 0.751. The van der Waals surface area contributed by atoms with Gasteiger partial charge in [0.25, 0.3) is 5.91 Å². The maximum absolute atomic E-state index is 11.7.